The van der Waals surface area contributed by atoms with Crippen molar-refractivity contribution in [2.75, 3.05) is 24.1 Å². The number of nitrogens with zero attached hydrogens (tertiary/aromatic N) is 1. The molecule has 1 fully saturated rings. The number of sulfonamides is 1. The summed E-state index contributed by atoms with van der Waals surface area (Å²) in [7, 11) is -3.28. The number of benzene rings is 1. The predicted molar refractivity (Wildman–Crippen MR) is 81.9 cm³/mol. The van der Waals surface area contributed by atoms with E-state index in [1.54, 1.807) is 24.3 Å². The van der Waals surface area contributed by atoms with Gasteiger partial charge < -0.3 is 4.90 Å². The lowest BCUT2D eigenvalue weighted by molar-refractivity contribution is 0.0724. The average Bonchev–Trinajstić information content (AvgIpc) is 2.38. The molecule has 1 aliphatic heterocycles. The van der Waals surface area contributed by atoms with E-state index in [9.17, 15) is 13.2 Å². The summed E-state index contributed by atoms with van der Waals surface area (Å²) in [6, 6.07) is 6.53. The van der Waals surface area contributed by atoms with E-state index in [4.69, 9.17) is 0 Å². The number of hydrogen-bond acceptors (Lipinski definition) is 3. The Kier molecular flexibility index (Phi) is 5.83. The van der Waals surface area contributed by atoms with E-state index in [1.807, 2.05) is 4.90 Å². The lowest BCUT2D eigenvalue weighted by Crippen LogP contribution is -2.35. The third-order valence-electron chi connectivity index (χ3n) is 3.08. The maximum atomic E-state index is 12.2. The number of rotatable bonds is 3. The van der Waals surface area contributed by atoms with Crippen molar-refractivity contribution in [3.05, 3.63) is 29.8 Å². The molecular formula is C13H19ClN2O3S. The maximum Gasteiger partial charge on any atom is 0.253 e. The summed E-state index contributed by atoms with van der Waals surface area (Å²) in [6.07, 6.45) is 4.39. The van der Waals surface area contributed by atoms with Crippen molar-refractivity contribution in [2.45, 2.75) is 19.3 Å². The van der Waals surface area contributed by atoms with Crippen LogP contribution in [0.15, 0.2) is 24.3 Å². The van der Waals surface area contributed by atoms with Crippen molar-refractivity contribution in [1.29, 1.82) is 0 Å². The second-order valence-electron chi connectivity index (χ2n) is 4.80. The quantitative estimate of drug-likeness (QED) is 0.928. The van der Waals surface area contributed by atoms with Crippen LogP contribution in [0.5, 0.6) is 0 Å². The van der Waals surface area contributed by atoms with Crippen LogP contribution in [0.2, 0.25) is 0 Å². The molecule has 5 nitrogen and oxygen atoms in total. The minimum atomic E-state index is -3.28. The van der Waals surface area contributed by atoms with Gasteiger partial charge in [0.05, 0.1) is 6.26 Å². The standard InChI is InChI=1S/C13H18N2O3S.ClH/c1-19(17,18)14-12-7-5-11(6-8-12)13(16)15-9-3-2-4-10-15;/h5-8,14H,2-4,9-10H2,1H3;1H. The molecule has 20 heavy (non-hydrogen) atoms. The molecule has 1 N–H and O–H groups in total. The molecule has 1 heterocycles. The van der Waals surface area contributed by atoms with Gasteiger partial charge >= 0.3 is 0 Å². The molecule has 1 saturated heterocycles. The van der Waals surface area contributed by atoms with Crippen LogP contribution in [-0.4, -0.2) is 38.6 Å². The molecule has 0 bridgehead atoms. The fourth-order valence-electron chi connectivity index (χ4n) is 2.17. The zero-order chi connectivity index (χ0) is 13.9. The van der Waals surface area contributed by atoms with Gasteiger partial charge in [-0.25, -0.2) is 8.42 Å². The van der Waals surface area contributed by atoms with Crippen LogP contribution in [0.1, 0.15) is 29.6 Å². The third-order valence-corrected chi connectivity index (χ3v) is 3.68. The largest absolute Gasteiger partial charge is 0.339 e. The van der Waals surface area contributed by atoms with Crippen molar-refractivity contribution < 1.29 is 13.2 Å². The van der Waals surface area contributed by atoms with Gasteiger partial charge in [-0.05, 0) is 43.5 Å². The summed E-state index contributed by atoms with van der Waals surface area (Å²) in [5.74, 6) is 0.0191. The summed E-state index contributed by atoms with van der Waals surface area (Å²) >= 11 is 0. The highest BCUT2D eigenvalue weighted by molar-refractivity contribution is 7.92. The molecule has 0 saturated carbocycles. The minimum absolute atomic E-state index is 0. The number of carbonyl (C=O) groups is 1. The van der Waals surface area contributed by atoms with Gasteiger partial charge in [0.25, 0.3) is 5.91 Å². The second kappa shape index (κ2) is 6.95. The fraction of sp³-hybridized carbons (Fsp3) is 0.462. The molecule has 0 radical (unpaired) electrons. The van der Waals surface area contributed by atoms with Crippen LogP contribution >= 0.6 is 12.4 Å². The van der Waals surface area contributed by atoms with E-state index in [0.717, 1.165) is 32.2 Å². The molecule has 0 spiro atoms. The molecule has 1 aliphatic rings. The monoisotopic (exact) mass is 318 g/mol. The van der Waals surface area contributed by atoms with Crippen LogP contribution in [0.3, 0.4) is 0 Å². The first-order valence-corrected chi connectivity index (χ1v) is 8.22. The Balaban J connectivity index is 0.00000200. The maximum absolute atomic E-state index is 12.2. The molecule has 112 valence electrons. The van der Waals surface area contributed by atoms with E-state index in [1.165, 1.54) is 6.42 Å². The van der Waals surface area contributed by atoms with E-state index in [-0.39, 0.29) is 18.3 Å². The van der Waals surface area contributed by atoms with Crippen LogP contribution in [0.4, 0.5) is 5.69 Å². The minimum Gasteiger partial charge on any atom is -0.339 e. The molecule has 0 aliphatic carbocycles. The molecule has 0 aromatic heterocycles. The molecule has 0 unspecified atom stereocenters. The summed E-state index contributed by atoms with van der Waals surface area (Å²) in [5.41, 5.74) is 1.07. The number of piperidine rings is 1. The number of likely N-dealkylation sites (tertiary alicyclic amines) is 1. The van der Waals surface area contributed by atoms with Crippen LogP contribution in [0.25, 0.3) is 0 Å². The Bertz CT molecular complexity index is 551. The highest BCUT2D eigenvalue weighted by Gasteiger charge is 2.17. The number of carbonyl (C=O) groups excluding carboxylic acids is 1. The fourth-order valence-corrected chi connectivity index (χ4v) is 2.74. The van der Waals surface area contributed by atoms with Crippen LogP contribution < -0.4 is 4.72 Å². The van der Waals surface area contributed by atoms with Gasteiger partial charge in [-0.2, -0.15) is 0 Å². The molecule has 1 amide bonds. The number of halogens is 1. The predicted octanol–water partition coefficient (Wildman–Crippen LogP) is 2.11. The van der Waals surface area contributed by atoms with Crippen molar-refractivity contribution in [1.82, 2.24) is 4.90 Å². The Labute approximate surface area is 125 Å². The van der Waals surface area contributed by atoms with Crippen molar-refractivity contribution in [2.24, 2.45) is 0 Å². The van der Waals surface area contributed by atoms with E-state index in [2.05, 4.69) is 4.72 Å². The topological polar surface area (TPSA) is 66.5 Å². The number of nitrogens with one attached hydrogen (secondary N) is 1. The first-order valence-electron chi connectivity index (χ1n) is 6.33. The van der Waals surface area contributed by atoms with E-state index < -0.39 is 10.0 Å². The molecule has 2 rings (SSSR count). The highest BCUT2D eigenvalue weighted by Crippen LogP contribution is 2.15. The molecular weight excluding hydrogens is 300 g/mol. The van der Waals surface area contributed by atoms with E-state index in [0.29, 0.717) is 11.3 Å². The molecule has 0 atom stereocenters. The summed E-state index contributed by atoms with van der Waals surface area (Å²) in [6.45, 7) is 1.62. The first-order chi connectivity index (χ1) is 8.96. The zero-order valence-electron chi connectivity index (χ0n) is 11.3. The van der Waals surface area contributed by atoms with Crippen LogP contribution in [-0.2, 0) is 10.0 Å². The normalized spacial score (nSPS) is 15.3. The third kappa shape index (κ3) is 4.68. The van der Waals surface area contributed by atoms with Crippen molar-refractivity contribution in [3.63, 3.8) is 0 Å². The highest BCUT2D eigenvalue weighted by atomic mass is 35.5. The van der Waals surface area contributed by atoms with Gasteiger partial charge in [0.1, 0.15) is 0 Å². The van der Waals surface area contributed by atoms with Gasteiger partial charge in [-0.15, -0.1) is 12.4 Å². The van der Waals surface area contributed by atoms with Crippen molar-refractivity contribution >= 4 is 34.0 Å². The Morgan fingerprint density at radius 2 is 1.65 bits per heavy atom. The van der Waals surface area contributed by atoms with Gasteiger partial charge in [-0.3, -0.25) is 9.52 Å². The van der Waals surface area contributed by atoms with E-state index >= 15 is 0 Å². The number of amides is 1. The Hall–Kier alpha value is -1.27. The first kappa shape index (κ1) is 16.8. The summed E-state index contributed by atoms with van der Waals surface area (Å²) in [4.78, 5) is 14.0. The Morgan fingerprint density at radius 3 is 2.15 bits per heavy atom. The van der Waals surface area contributed by atoms with Crippen LogP contribution in [0, 0.1) is 0 Å². The lowest BCUT2D eigenvalue weighted by atomic mass is 10.1. The van der Waals surface area contributed by atoms with Crippen molar-refractivity contribution in [3.8, 4) is 0 Å². The van der Waals surface area contributed by atoms with Gasteiger partial charge in [0.15, 0.2) is 0 Å². The number of anilines is 1. The summed E-state index contributed by atoms with van der Waals surface area (Å²) < 4.78 is 24.5. The van der Waals surface area contributed by atoms with Gasteiger partial charge in [-0.1, -0.05) is 0 Å². The summed E-state index contributed by atoms with van der Waals surface area (Å²) in [5, 5.41) is 0. The van der Waals surface area contributed by atoms with Gasteiger partial charge in [0.2, 0.25) is 10.0 Å². The molecule has 1 aromatic carbocycles. The smallest absolute Gasteiger partial charge is 0.253 e. The second-order valence-corrected chi connectivity index (χ2v) is 6.55. The average molecular weight is 319 g/mol. The van der Waals surface area contributed by atoms with Gasteiger partial charge in [0, 0.05) is 24.3 Å². The molecule has 7 heteroatoms. The molecule has 1 aromatic rings. The SMILES string of the molecule is CS(=O)(=O)Nc1ccc(C(=O)N2CCCCC2)cc1.Cl. The zero-order valence-corrected chi connectivity index (χ0v) is 13.0. The Morgan fingerprint density at radius 1 is 1.10 bits per heavy atom. The lowest BCUT2D eigenvalue weighted by Gasteiger charge is -2.26. The number of hydrogen-bond donors (Lipinski definition) is 1.